The Morgan fingerprint density at radius 3 is 2.62 bits per heavy atom. The molecule has 0 atom stereocenters. The van der Waals surface area contributed by atoms with E-state index in [9.17, 15) is 4.79 Å². The number of nitrogens with one attached hydrogen (secondary N) is 1. The molecule has 0 aliphatic rings. The van der Waals surface area contributed by atoms with Crippen molar-refractivity contribution in [2.75, 3.05) is 12.4 Å². The lowest BCUT2D eigenvalue weighted by Gasteiger charge is -2.11. The molecule has 4 heteroatoms. The number of methoxy groups -OCH3 is 1. The van der Waals surface area contributed by atoms with Crippen molar-refractivity contribution in [1.29, 1.82) is 0 Å². The van der Waals surface area contributed by atoms with Crippen LogP contribution in [0.15, 0.2) is 46.9 Å². The molecule has 0 aliphatic heterocycles. The molecular weight excluding hydrogens is 330 g/mol. The van der Waals surface area contributed by atoms with Gasteiger partial charge in [-0.3, -0.25) is 4.79 Å². The van der Waals surface area contributed by atoms with Crippen LogP contribution >= 0.6 is 15.9 Å². The predicted molar refractivity (Wildman–Crippen MR) is 89.2 cm³/mol. The van der Waals surface area contributed by atoms with E-state index in [1.807, 2.05) is 18.2 Å². The lowest BCUT2D eigenvalue weighted by Crippen LogP contribution is -2.13. The molecule has 0 fully saturated rings. The Labute approximate surface area is 133 Å². The monoisotopic (exact) mass is 347 g/mol. The van der Waals surface area contributed by atoms with Gasteiger partial charge in [-0.25, -0.2) is 0 Å². The van der Waals surface area contributed by atoms with Crippen LogP contribution in [0.2, 0.25) is 0 Å². The second-order valence-corrected chi connectivity index (χ2v) is 5.93. The van der Waals surface area contributed by atoms with Crippen molar-refractivity contribution in [3.05, 3.63) is 58.1 Å². The highest BCUT2D eigenvalue weighted by atomic mass is 79.9. The van der Waals surface area contributed by atoms with Crippen molar-refractivity contribution in [2.24, 2.45) is 0 Å². The van der Waals surface area contributed by atoms with Crippen molar-refractivity contribution in [2.45, 2.75) is 19.8 Å². The Hall–Kier alpha value is -1.81. The van der Waals surface area contributed by atoms with E-state index in [1.165, 1.54) is 5.56 Å². The molecule has 0 unspecified atom stereocenters. The summed E-state index contributed by atoms with van der Waals surface area (Å²) in [6.07, 6.45) is 0. The second-order valence-electron chi connectivity index (χ2n) is 5.08. The topological polar surface area (TPSA) is 38.3 Å². The molecule has 21 heavy (non-hydrogen) atoms. The smallest absolute Gasteiger partial charge is 0.256 e. The van der Waals surface area contributed by atoms with Gasteiger partial charge in [0.2, 0.25) is 0 Å². The summed E-state index contributed by atoms with van der Waals surface area (Å²) in [5, 5.41) is 2.92. The summed E-state index contributed by atoms with van der Waals surface area (Å²) in [6.45, 7) is 4.25. The highest BCUT2D eigenvalue weighted by Crippen LogP contribution is 2.24. The van der Waals surface area contributed by atoms with Crippen molar-refractivity contribution in [1.82, 2.24) is 0 Å². The van der Waals surface area contributed by atoms with Gasteiger partial charge < -0.3 is 10.1 Å². The van der Waals surface area contributed by atoms with Gasteiger partial charge in [0.1, 0.15) is 5.75 Å². The van der Waals surface area contributed by atoms with Crippen molar-refractivity contribution in [3.8, 4) is 5.75 Å². The molecule has 0 bridgehead atoms. The molecule has 0 aromatic heterocycles. The first-order chi connectivity index (χ1) is 10.0. The lowest BCUT2D eigenvalue weighted by molar-refractivity contribution is 0.102. The Kier molecular flexibility index (Phi) is 5.02. The third-order valence-electron chi connectivity index (χ3n) is 3.23. The van der Waals surface area contributed by atoms with E-state index in [0.29, 0.717) is 17.2 Å². The Bertz CT molecular complexity index is 653. The predicted octanol–water partition coefficient (Wildman–Crippen LogP) is 4.83. The molecule has 1 N–H and O–H groups in total. The van der Waals surface area contributed by atoms with E-state index in [4.69, 9.17) is 4.74 Å². The van der Waals surface area contributed by atoms with Gasteiger partial charge in [0.15, 0.2) is 0 Å². The SMILES string of the molecule is COc1ccc(Br)c(C(=O)Nc2cccc(C(C)C)c2)c1. The minimum absolute atomic E-state index is 0.165. The largest absolute Gasteiger partial charge is 0.497 e. The number of carbonyl (C=O) groups is 1. The lowest BCUT2D eigenvalue weighted by atomic mass is 10.0. The molecule has 0 saturated carbocycles. The van der Waals surface area contributed by atoms with Crippen LogP contribution in [-0.4, -0.2) is 13.0 Å². The highest BCUT2D eigenvalue weighted by molar-refractivity contribution is 9.10. The second kappa shape index (κ2) is 6.76. The first-order valence-electron chi connectivity index (χ1n) is 6.76. The van der Waals surface area contributed by atoms with Gasteiger partial charge in [-0.2, -0.15) is 0 Å². The number of halogens is 1. The standard InChI is InChI=1S/C17H18BrNO2/c1-11(2)12-5-4-6-13(9-12)19-17(20)15-10-14(21-3)7-8-16(15)18/h4-11H,1-3H3,(H,19,20). The molecule has 0 heterocycles. The van der Waals surface area contributed by atoms with Crippen LogP contribution in [0.5, 0.6) is 5.75 Å². The van der Waals surface area contributed by atoms with Crippen molar-refractivity contribution < 1.29 is 9.53 Å². The summed E-state index contributed by atoms with van der Waals surface area (Å²) in [7, 11) is 1.58. The summed E-state index contributed by atoms with van der Waals surface area (Å²) in [4.78, 5) is 12.4. The van der Waals surface area contributed by atoms with Gasteiger partial charge in [0.05, 0.1) is 12.7 Å². The Balaban J connectivity index is 2.24. The number of hydrogen-bond donors (Lipinski definition) is 1. The number of hydrogen-bond acceptors (Lipinski definition) is 2. The number of anilines is 1. The molecule has 3 nitrogen and oxygen atoms in total. The van der Waals surface area contributed by atoms with Gasteiger partial charge in [0, 0.05) is 10.2 Å². The molecule has 2 aromatic carbocycles. The molecule has 0 radical (unpaired) electrons. The summed E-state index contributed by atoms with van der Waals surface area (Å²) in [5.41, 5.74) is 2.53. The van der Waals surface area contributed by atoms with Gasteiger partial charge in [-0.1, -0.05) is 26.0 Å². The average molecular weight is 348 g/mol. The molecule has 0 saturated heterocycles. The van der Waals surface area contributed by atoms with E-state index >= 15 is 0 Å². The van der Waals surface area contributed by atoms with Crippen LogP contribution in [-0.2, 0) is 0 Å². The average Bonchev–Trinajstić information content (AvgIpc) is 2.48. The number of benzene rings is 2. The summed E-state index contributed by atoms with van der Waals surface area (Å²) < 4.78 is 5.90. The van der Waals surface area contributed by atoms with Crippen molar-refractivity contribution >= 4 is 27.5 Å². The Morgan fingerprint density at radius 1 is 1.19 bits per heavy atom. The zero-order chi connectivity index (χ0) is 15.4. The third kappa shape index (κ3) is 3.85. The maximum atomic E-state index is 12.4. The Morgan fingerprint density at radius 2 is 1.95 bits per heavy atom. The van der Waals surface area contributed by atoms with Gasteiger partial charge in [-0.05, 0) is 57.7 Å². The normalized spacial score (nSPS) is 10.5. The van der Waals surface area contributed by atoms with Crippen LogP contribution in [0.4, 0.5) is 5.69 Å². The first kappa shape index (κ1) is 15.6. The first-order valence-corrected chi connectivity index (χ1v) is 7.55. The summed E-state index contributed by atoms with van der Waals surface area (Å²) in [6, 6.07) is 13.2. The van der Waals surface area contributed by atoms with E-state index in [2.05, 4.69) is 41.2 Å². The van der Waals surface area contributed by atoms with Crippen LogP contribution in [0.25, 0.3) is 0 Å². The number of amides is 1. The highest BCUT2D eigenvalue weighted by Gasteiger charge is 2.12. The summed E-state index contributed by atoms with van der Waals surface area (Å²) in [5.74, 6) is 0.909. The fourth-order valence-corrected chi connectivity index (χ4v) is 2.41. The summed E-state index contributed by atoms with van der Waals surface area (Å²) >= 11 is 3.39. The maximum absolute atomic E-state index is 12.4. The minimum atomic E-state index is -0.165. The van der Waals surface area contributed by atoms with Crippen LogP contribution in [0.1, 0.15) is 35.7 Å². The minimum Gasteiger partial charge on any atom is -0.497 e. The molecule has 110 valence electrons. The fourth-order valence-electron chi connectivity index (χ4n) is 1.98. The number of carbonyl (C=O) groups excluding carboxylic acids is 1. The number of ether oxygens (including phenoxy) is 1. The zero-order valence-corrected chi connectivity index (χ0v) is 13.9. The number of rotatable bonds is 4. The van der Waals surface area contributed by atoms with Crippen LogP contribution in [0.3, 0.4) is 0 Å². The van der Waals surface area contributed by atoms with Crippen molar-refractivity contribution in [3.63, 3.8) is 0 Å². The van der Waals surface area contributed by atoms with E-state index in [-0.39, 0.29) is 5.91 Å². The van der Waals surface area contributed by atoms with Crippen LogP contribution < -0.4 is 10.1 Å². The zero-order valence-electron chi connectivity index (χ0n) is 12.3. The third-order valence-corrected chi connectivity index (χ3v) is 3.92. The quantitative estimate of drug-likeness (QED) is 0.859. The van der Waals surface area contributed by atoms with E-state index in [0.717, 1.165) is 10.2 Å². The van der Waals surface area contributed by atoms with E-state index < -0.39 is 0 Å². The molecule has 1 amide bonds. The molecule has 0 aliphatic carbocycles. The fraction of sp³-hybridized carbons (Fsp3) is 0.235. The van der Waals surface area contributed by atoms with Gasteiger partial charge in [-0.15, -0.1) is 0 Å². The van der Waals surface area contributed by atoms with Gasteiger partial charge in [0.25, 0.3) is 5.91 Å². The maximum Gasteiger partial charge on any atom is 0.256 e. The van der Waals surface area contributed by atoms with E-state index in [1.54, 1.807) is 25.3 Å². The van der Waals surface area contributed by atoms with Gasteiger partial charge >= 0.3 is 0 Å². The molecule has 0 spiro atoms. The molecule has 2 rings (SSSR count). The van der Waals surface area contributed by atoms with Crippen LogP contribution in [0, 0.1) is 0 Å². The molecule has 2 aromatic rings. The molecular formula is C17H18BrNO2.